The van der Waals surface area contributed by atoms with Crippen molar-refractivity contribution in [2.75, 3.05) is 19.0 Å². The molecule has 0 heterocycles. The van der Waals surface area contributed by atoms with Crippen LogP contribution < -0.4 is 4.90 Å². The second kappa shape index (κ2) is 7.24. The summed E-state index contributed by atoms with van der Waals surface area (Å²) < 4.78 is 12.9. The molecule has 0 unspecified atom stereocenters. The lowest BCUT2D eigenvalue weighted by atomic mass is 10.1. The van der Waals surface area contributed by atoms with Gasteiger partial charge in [-0.25, -0.2) is 4.39 Å². The second-order valence-electron chi connectivity index (χ2n) is 5.04. The molecule has 0 spiro atoms. The Hall–Kier alpha value is -2.86. The molecule has 0 aliphatic rings. The zero-order valence-corrected chi connectivity index (χ0v) is 12.6. The van der Waals surface area contributed by atoms with E-state index in [1.165, 1.54) is 12.1 Å². The normalized spacial score (nSPS) is 11.5. The van der Waals surface area contributed by atoms with Crippen LogP contribution in [0.1, 0.15) is 11.1 Å². The number of nitrogens with zero attached hydrogens (tertiary/aromatic N) is 2. The summed E-state index contributed by atoms with van der Waals surface area (Å²) in [6.45, 7) is 0. The molecule has 0 fully saturated rings. The minimum atomic E-state index is -0.308. The Balaban J connectivity index is 2.14. The van der Waals surface area contributed by atoms with Gasteiger partial charge in [0, 0.05) is 19.8 Å². The van der Waals surface area contributed by atoms with Crippen molar-refractivity contribution in [1.29, 1.82) is 5.26 Å². The topological polar surface area (TPSA) is 27.0 Å². The van der Waals surface area contributed by atoms with Gasteiger partial charge in [-0.3, -0.25) is 0 Å². The Kier molecular flexibility index (Phi) is 5.11. The molecule has 0 aliphatic carbocycles. The van der Waals surface area contributed by atoms with E-state index in [9.17, 15) is 9.65 Å². The molecular weight excluding hydrogens is 275 g/mol. The second-order valence-corrected chi connectivity index (χ2v) is 5.04. The molecule has 0 radical (unpaired) electrons. The predicted octanol–water partition coefficient (Wildman–Crippen LogP) is 4.51. The molecule has 2 rings (SSSR count). The maximum atomic E-state index is 12.9. The highest BCUT2D eigenvalue weighted by atomic mass is 19.1. The summed E-state index contributed by atoms with van der Waals surface area (Å²) >= 11 is 0. The van der Waals surface area contributed by atoms with Crippen LogP contribution in [-0.2, 0) is 0 Å². The summed E-state index contributed by atoms with van der Waals surface area (Å²) in [5, 5.41) is 9.19. The van der Waals surface area contributed by atoms with Crippen molar-refractivity contribution >= 4 is 17.3 Å². The van der Waals surface area contributed by atoms with Crippen LogP contribution in [0.4, 0.5) is 10.1 Å². The molecule has 0 N–H and O–H groups in total. The molecule has 0 aromatic heterocycles. The third-order valence-corrected chi connectivity index (χ3v) is 3.24. The largest absolute Gasteiger partial charge is 0.378 e. The number of benzene rings is 2. The summed E-state index contributed by atoms with van der Waals surface area (Å²) in [6, 6.07) is 16.1. The Morgan fingerprint density at radius 2 is 1.68 bits per heavy atom. The molecule has 0 aliphatic heterocycles. The van der Waals surface area contributed by atoms with Gasteiger partial charge in [-0.15, -0.1) is 0 Å². The fourth-order valence-electron chi connectivity index (χ4n) is 1.97. The van der Waals surface area contributed by atoms with Gasteiger partial charge in [0.2, 0.25) is 0 Å². The van der Waals surface area contributed by atoms with Crippen molar-refractivity contribution in [3.63, 3.8) is 0 Å². The third kappa shape index (κ3) is 4.07. The van der Waals surface area contributed by atoms with Gasteiger partial charge in [0.1, 0.15) is 5.82 Å². The van der Waals surface area contributed by atoms with Gasteiger partial charge in [-0.1, -0.05) is 36.4 Å². The molecule has 0 atom stereocenters. The first-order valence-corrected chi connectivity index (χ1v) is 6.92. The van der Waals surface area contributed by atoms with Crippen molar-refractivity contribution in [2.45, 2.75) is 0 Å². The third-order valence-electron chi connectivity index (χ3n) is 3.24. The molecule has 0 saturated carbocycles. The fraction of sp³-hybridized carbons (Fsp3) is 0.105. The first-order chi connectivity index (χ1) is 10.6. The van der Waals surface area contributed by atoms with Crippen LogP contribution in [-0.4, -0.2) is 14.1 Å². The molecular formula is C19H17FN2. The molecule has 22 heavy (non-hydrogen) atoms. The van der Waals surface area contributed by atoms with E-state index in [0.29, 0.717) is 11.1 Å². The Morgan fingerprint density at radius 1 is 1.05 bits per heavy atom. The fourth-order valence-corrected chi connectivity index (χ4v) is 1.97. The zero-order chi connectivity index (χ0) is 15.9. The molecule has 0 saturated heterocycles. The summed E-state index contributed by atoms with van der Waals surface area (Å²) in [7, 11) is 3.99. The highest BCUT2D eigenvalue weighted by Gasteiger charge is 1.99. The lowest BCUT2D eigenvalue weighted by Crippen LogP contribution is -2.07. The Bertz CT molecular complexity index is 718. The van der Waals surface area contributed by atoms with E-state index in [-0.39, 0.29) is 5.82 Å². The van der Waals surface area contributed by atoms with Crippen molar-refractivity contribution in [3.05, 3.63) is 77.6 Å². The van der Waals surface area contributed by atoms with E-state index in [1.807, 2.05) is 55.4 Å². The smallest absolute Gasteiger partial charge is 0.123 e. The van der Waals surface area contributed by atoms with E-state index in [2.05, 4.69) is 6.07 Å². The van der Waals surface area contributed by atoms with Gasteiger partial charge in [-0.2, -0.15) is 5.26 Å². The van der Waals surface area contributed by atoms with Gasteiger partial charge < -0.3 is 4.90 Å². The monoisotopic (exact) mass is 292 g/mol. The molecule has 2 aromatic rings. The minimum absolute atomic E-state index is 0.308. The van der Waals surface area contributed by atoms with Crippen molar-refractivity contribution in [1.82, 2.24) is 0 Å². The Morgan fingerprint density at radius 3 is 2.23 bits per heavy atom. The molecule has 3 heteroatoms. The first kappa shape index (κ1) is 15.5. The van der Waals surface area contributed by atoms with Crippen LogP contribution in [0.5, 0.6) is 0 Å². The van der Waals surface area contributed by atoms with Gasteiger partial charge in [0.25, 0.3) is 0 Å². The van der Waals surface area contributed by atoms with Gasteiger partial charge >= 0.3 is 0 Å². The maximum Gasteiger partial charge on any atom is 0.123 e. The number of hydrogen-bond donors (Lipinski definition) is 0. The quantitative estimate of drug-likeness (QED) is 0.612. The van der Waals surface area contributed by atoms with Crippen LogP contribution in [0.25, 0.3) is 11.6 Å². The molecule has 0 bridgehead atoms. The van der Waals surface area contributed by atoms with Crippen molar-refractivity contribution in [3.8, 4) is 6.07 Å². The van der Waals surface area contributed by atoms with E-state index < -0.39 is 0 Å². The van der Waals surface area contributed by atoms with Gasteiger partial charge in [-0.05, 0) is 41.5 Å². The van der Waals surface area contributed by atoms with E-state index in [4.69, 9.17) is 0 Å². The standard InChI is InChI=1S/C19H17FN2/c1-22(2)19-12-6-15(7-13-19)4-3-5-17(14-21)16-8-10-18(20)11-9-16/h3-13H,1-2H3. The highest BCUT2D eigenvalue weighted by molar-refractivity contribution is 5.78. The number of nitriles is 1. The number of halogens is 1. The predicted molar refractivity (Wildman–Crippen MR) is 89.8 cm³/mol. The van der Waals surface area contributed by atoms with Gasteiger partial charge in [0.05, 0.1) is 11.6 Å². The van der Waals surface area contributed by atoms with Crippen LogP contribution in [0, 0.1) is 17.1 Å². The lowest BCUT2D eigenvalue weighted by Gasteiger charge is -2.11. The van der Waals surface area contributed by atoms with E-state index >= 15 is 0 Å². The SMILES string of the molecule is CN(C)c1ccc(C=CC=C(C#N)c2ccc(F)cc2)cc1. The summed E-state index contributed by atoms with van der Waals surface area (Å²) in [5.41, 5.74) is 3.40. The molecule has 0 amide bonds. The number of allylic oxidation sites excluding steroid dienone is 3. The van der Waals surface area contributed by atoms with Gasteiger partial charge in [0.15, 0.2) is 0 Å². The van der Waals surface area contributed by atoms with E-state index in [0.717, 1.165) is 11.3 Å². The lowest BCUT2D eigenvalue weighted by molar-refractivity contribution is 0.627. The average Bonchev–Trinajstić information content (AvgIpc) is 2.53. The molecule has 2 nitrogen and oxygen atoms in total. The minimum Gasteiger partial charge on any atom is -0.378 e. The first-order valence-electron chi connectivity index (χ1n) is 6.92. The highest BCUT2D eigenvalue weighted by Crippen LogP contribution is 2.16. The van der Waals surface area contributed by atoms with E-state index in [1.54, 1.807) is 18.2 Å². The van der Waals surface area contributed by atoms with Crippen molar-refractivity contribution < 1.29 is 4.39 Å². The Labute approximate surface area is 130 Å². The van der Waals surface area contributed by atoms with Crippen LogP contribution in [0.3, 0.4) is 0 Å². The average molecular weight is 292 g/mol. The molecule has 2 aromatic carbocycles. The number of hydrogen-bond acceptors (Lipinski definition) is 2. The van der Waals surface area contributed by atoms with Crippen LogP contribution in [0.2, 0.25) is 0 Å². The summed E-state index contributed by atoms with van der Waals surface area (Å²) in [6.07, 6.45) is 5.49. The van der Waals surface area contributed by atoms with Crippen molar-refractivity contribution in [2.24, 2.45) is 0 Å². The molecule has 110 valence electrons. The number of rotatable bonds is 4. The zero-order valence-electron chi connectivity index (χ0n) is 12.6. The van der Waals surface area contributed by atoms with Crippen LogP contribution in [0.15, 0.2) is 60.7 Å². The van der Waals surface area contributed by atoms with Crippen LogP contribution >= 0.6 is 0 Å². The summed E-state index contributed by atoms with van der Waals surface area (Å²) in [5.74, 6) is -0.308. The number of anilines is 1. The summed E-state index contributed by atoms with van der Waals surface area (Å²) in [4.78, 5) is 2.04. The maximum absolute atomic E-state index is 12.9.